The van der Waals surface area contributed by atoms with Gasteiger partial charge in [-0.25, -0.2) is 0 Å². The molecule has 7 heteroatoms. The molecule has 0 saturated carbocycles. The highest BCUT2D eigenvalue weighted by molar-refractivity contribution is 6.99. The van der Waals surface area contributed by atoms with Crippen LogP contribution in [-0.4, -0.2) is 53.1 Å². The smallest absolute Gasteiger partial charge is 0.308 e. The van der Waals surface area contributed by atoms with Crippen molar-refractivity contribution in [3.05, 3.63) is 60.7 Å². The third-order valence-corrected chi connectivity index (χ3v) is 17.8. The maximum atomic E-state index is 12.6. The highest BCUT2D eigenvalue weighted by Crippen LogP contribution is 2.41. The first-order chi connectivity index (χ1) is 18.4. The minimum atomic E-state index is -2.70. The van der Waals surface area contributed by atoms with Crippen LogP contribution in [-0.2, 0) is 23.1 Å². The molecule has 0 spiro atoms. The van der Waals surface area contributed by atoms with Crippen LogP contribution >= 0.6 is 0 Å². The summed E-state index contributed by atoms with van der Waals surface area (Å²) in [7, 11) is -4.83. The molecule has 0 radical (unpaired) electrons. The summed E-state index contributed by atoms with van der Waals surface area (Å²) in [5.41, 5.74) is -0.418. The van der Waals surface area contributed by atoms with E-state index in [-0.39, 0.29) is 34.7 Å². The van der Waals surface area contributed by atoms with E-state index in [1.54, 1.807) is 0 Å². The van der Waals surface area contributed by atoms with E-state index in [0.717, 1.165) is 0 Å². The lowest BCUT2D eigenvalue weighted by molar-refractivity contribution is -0.161. The van der Waals surface area contributed by atoms with Crippen LogP contribution in [0.4, 0.5) is 0 Å². The summed E-state index contributed by atoms with van der Waals surface area (Å²) in [5, 5.41) is 2.39. The summed E-state index contributed by atoms with van der Waals surface area (Å²) in [6, 6.07) is 21.3. The zero-order chi connectivity index (χ0) is 30.0. The molecule has 0 aromatic heterocycles. The van der Waals surface area contributed by atoms with E-state index in [1.807, 2.05) is 20.8 Å². The van der Waals surface area contributed by atoms with Crippen LogP contribution in [0.3, 0.4) is 0 Å². The molecule has 1 fully saturated rings. The quantitative estimate of drug-likeness (QED) is 0.226. The minimum absolute atomic E-state index is 0.0238. The second kappa shape index (κ2) is 12.2. The third-order valence-electron chi connectivity index (χ3n) is 8.26. The Morgan fingerprint density at radius 3 is 1.75 bits per heavy atom. The van der Waals surface area contributed by atoms with E-state index in [1.165, 1.54) is 10.4 Å². The van der Waals surface area contributed by atoms with Gasteiger partial charge in [-0.15, -0.1) is 0 Å². The number of benzene rings is 2. The number of hydrogen-bond acceptors (Lipinski definition) is 5. The van der Waals surface area contributed by atoms with E-state index in [9.17, 15) is 4.79 Å². The standard InChI is InChI=1S/C33H52O5Si2/c1-31(2,3)37-27(30-28(24-29(34)36-30)38-39(10,11)32(4,5)6)22-23-35-40(33(7,8)9,25-18-14-12-15-19-25)26-20-16-13-17-21-26/h12-21,27-28,30H,22-24H2,1-11H3/t27-,28+,30+/m1/s1. The summed E-state index contributed by atoms with van der Waals surface area (Å²) < 4.78 is 26.5. The molecular weight excluding hydrogens is 533 g/mol. The van der Waals surface area contributed by atoms with Gasteiger partial charge < -0.3 is 18.3 Å². The van der Waals surface area contributed by atoms with Crippen molar-refractivity contribution in [3.8, 4) is 0 Å². The molecule has 5 nitrogen and oxygen atoms in total. The molecule has 3 rings (SSSR count). The van der Waals surface area contributed by atoms with Crippen molar-refractivity contribution in [2.45, 2.75) is 122 Å². The zero-order valence-corrected chi connectivity index (χ0v) is 28.7. The van der Waals surface area contributed by atoms with Crippen molar-refractivity contribution in [3.63, 3.8) is 0 Å². The summed E-state index contributed by atoms with van der Waals surface area (Å²) in [6.07, 6.45) is -0.287. The molecular formula is C33H52O5Si2. The molecule has 0 unspecified atom stereocenters. The molecule has 2 aromatic carbocycles. The number of cyclic esters (lactones) is 1. The number of esters is 1. The second-order valence-electron chi connectivity index (χ2n) is 14.6. The van der Waals surface area contributed by atoms with Crippen molar-refractivity contribution in [1.82, 2.24) is 0 Å². The lowest BCUT2D eigenvalue weighted by atomic mass is 10.0. The van der Waals surface area contributed by atoms with Crippen molar-refractivity contribution in [2.75, 3.05) is 6.61 Å². The fraction of sp³-hybridized carbons (Fsp3) is 0.606. The SMILES string of the molecule is CC(C)(C)O[C@H](CCO[Si](c1ccccc1)(c1ccccc1)C(C)(C)C)[C@@H]1OC(=O)C[C@@H]1O[Si](C)(C)C(C)(C)C. The first-order valence-corrected chi connectivity index (χ1v) is 19.5. The van der Waals surface area contributed by atoms with E-state index in [0.29, 0.717) is 13.0 Å². The molecule has 2 aromatic rings. The van der Waals surface area contributed by atoms with Crippen LogP contribution in [0.15, 0.2) is 60.7 Å². The van der Waals surface area contributed by atoms with E-state index >= 15 is 0 Å². The van der Waals surface area contributed by atoms with Gasteiger partial charge in [-0.05, 0) is 60.7 Å². The van der Waals surface area contributed by atoms with Gasteiger partial charge in [0.25, 0.3) is 8.32 Å². The third kappa shape index (κ3) is 7.54. The molecule has 1 aliphatic rings. The van der Waals surface area contributed by atoms with Gasteiger partial charge in [0, 0.05) is 6.61 Å². The Labute approximate surface area is 245 Å². The maximum Gasteiger partial charge on any atom is 0.308 e. The fourth-order valence-corrected chi connectivity index (χ4v) is 11.3. The Bertz CT molecular complexity index is 1060. The number of hydrogen-bond donors (Lipinski definition) is 0. The Morgan fingerprint density at radius 2 is 1.32 bits per heavy atom. The first kappa shape index (κ1) is 32.7. The molecule has 1 saturated heterocycles. The second-order valence-corrected chi connectivity index (χ2v) is 23.7. The van der Waals surface area contributed by atoms with Gasteiger partial charge in [0.2, 0.25) is 0 Å². The Hall–Kier alpha value is -1.78. The summed E-state index contributed by atoms with van der Waals surface area (Å²) >= 11 is 0. The maximum absolute atomic E-state index is 12.6. The molecule has 1 aliphatic heterocycles. The number of rotatable bonds is 10. The topological polar surface area (TPSA) is 54.0 Å². The molecule has 1 heterocycles. The lowest BCUT2D eigenvalue weighted by Crippen LogP contribution is -2.66. The van der Waals surface area contributed by atoms with Gasteiger partial charge in [0.1, 0.15) is 0 Å². The number of carbonyl (C=O) groups excluding carboxylic acids is 1. The molecule has 0 amide bonds. The average molecular weight is 585 g/mol. The van der Waals surface area contributed by atoms with E-state index in [2.05, 4.69) is 115 Å². The van der Waals surface area contributed by atoms with Gasteiger partial charge in [-0.3, -0.25) is 4.79 Å². The summed E-state index contributed by atoms with van der Waals surface area (Å²) in [6.45, 7) is 24.5. The highest BCUT2D eigenvalue weighted by Gasteiger charge is 2.51. The molecule has 0 bridgehead atoms. The normalized spacial score (nSPS) is 19.9. The van der Waals surface area contributed by atoms with Gasteiger partial charge in [0.05, 0.1) is 24.2 Å². The number of carbonyl (C=O) groups is 1. The number of ether oxygens (including phenoxy) is 2. The van der Waals surface area contributed by atoms with Gasteiger partial charge in [-0.2, -0.15) is 0 Å². The van der Waals surface area contributed by atoms with Crippen molar-refractivity contribution in [1.29, 1.82) is 0 Å². The van der Waals surface area contributed by atoms with Crippen LogP contribution in [0, 0.1) is 0 Å². The molecule has 222 valence electrons. The van der Waals surface area contributed by atoms with Crippen molar-refractivity contribution >= 4 is 33.0 Å². The van der Waals surface area contributed by atoms with Crippen LogP contribution in [0.1, 0.15) is 75.2 Å². The van der Waals surface area contributed by atoms with Gasteiger partial charge in [0.15, 0.2) is 14.4 Å². The molecule has 0 N–H and O–H groups in total. The van der Waals surface area contributed by atoms with Gasteiger partial charge >= 0.3 is 5.97 Å². The van der Waals surface area contributed by atoms with Crippen LogP contribution in [0.25, 0.3) is 0 Å². The summed E-state index contributed by atoms with van der Waals surface area (Å²) in [5.74, 6) is -0.218. The van der Waals surface area contributed by atoms with E-state index < -0.39 is 28.3 Å². The largest absolute Gasteiger partial charge is 0.457 e. The molecule has 40 heavy (non-hydrogen) atoms. The summed E-state index contributed by atoms with van der Waals surface area (Å²) in [4.78, 5) is 12.6. The predicted octanol–water partition coefficient (Wildman–Crippen LogP) is 6.84. The fourth-order valence-electron chi connectivity index (χ4n) is 5.37. The molecule has 0 aliphatic carbocycles. The van der Waals surface area contributed by atoms with Crippen LogP contribution in [0.5, 0.6) is 0 Å². The monoisotopic (exact) mass is 584 g/mol. The van der Waals surface area contributed by atoms with E-state index in [4.69, 9.17) is 18.3 Å². The minimum Gasteiger partial charge on any atom is -0.457 e. The predicted molar refractivity (Wildman–Crippen MR) is 169 cm³/mol. The highest BCUT2D eigenvalue weighted by atomic mass is 28.4. The van der Waals surface area contributed by atoms with Gasteiger partial charge in [-0.1, -0.05) is 102 Å². The van der Waals surface area contributed by atoms with Crippen LogP contribution in [0.2, 0.25) is 23.2 Å². The Morgan fingerprint density at radius 1 is 0.825 bits per heavy atom. The average Bonchev–Trinajstić information content (AvgIpc) is 3.19. The Kier molecular flexibility index (Phi) is 10.00. The van der Waals surface area contributed by atoms with Crippen molar-refractivity contribution < 1.29 is 23.1 Å². The lowest BCUT2D eigenvalue weighted by Gasteiger charge is -2.44. The zero-order valence-electron chi connectivity index (χ0n) is 26.7. The van der Waals surface area contributed by atoms with Crippen molar-refractivity contribution in [2.24, 2.45) is 0 Å². The van der Waals surface area contributed by atoms with Crippen LogP contribution < -0.4 is 10.4 Å². The first-order valence-electron chi connectivity index (χ1n) is 14.7. The molecule has 3 atom stereocenters. The Balaban J connectivity index is 1.94.